The van der Waals surface area contributed by atoms with Crippen LogP contribution in [0, 0.1) is 0 Å². The molecule has 0 saturated heterocycles. The Morgan fingerprint density at radius 2 is 0.609 bits per heavy atom. The Kier molecular flexibility index (Phi) is 24.2. The normalized spacial score (nSPS) is 11.7. The summed E-state index contributed by atoms with van der Waals surface area (Å²) in [5, 5.41) is 0. The van der Waals surface area contributed by atoms with E-state index in [2.05, 4.69) is 45.7 Å². The molecule has 0 aromatic carbocycles. The first-order valence-corrected chi connectivity index (χ1v) is 21.2. The largest absolute Gasteiger partial charge is 0.306 e. The quantitative estimate of drug-likeness (QED) is 0.0743. The molecule has 2 heterocycles. The van der Waals surface area contributed by atoms with Crippen molar-refractivity contribution in [2.45, 2.75) is 207 Å². The van der Waals surface area contributed by atoms with Crippen molar-refractivity contribution in [1.82, 2.24) is 9.13 Å². The summed E-state index contributed by atoms with van der Waals surface area (Å²) in [7, 11) is 0. The van der Waals surface area contributed by atoms with Crippen molar-refractivity contribution >= 4 is 42.9 Å². The fraction of sp³-hybridized carbons (Fsp3) is 0.800. The van der Waals surface area contributed by atoms with Gasteiger partial charge in [-0.1, -0.05) is 181 Å². The van der Waals surface area contributed by atoms with E-state index in [1.165, 1.54) is 154 Å². The van der Waals surface area contributed by atoms with Crippen LogP contribution in [0.15, 0.2) is 30.7 Å². The van der Waals surface area contributed by atoms with Gasteiger partial charge in [0.25, 0.3) is 11.1 Å². The van der Waals surface area contributed by atoms with Gasteiger partial charge in [0, 0.05) is 13.1 Å². The molecule has 0 aliphatic heterocycles. The van der Waals surface area contributed by atoms with Crippen molar-refractivity contribution in [2.75, 3.05) is 0 Å². The zero-order valence-electron chi connectivity index (χ0n) is 29.8. The van der Waals surface area contributed by atoms with Crippen molar-refractivity contribution in [3.63, 3.8) is 0 Å². The topological polar surface area (TPSA) is 44.0 Å². The Morgan fingerprint density at radius 3 is 0.848 bits per heavy atom. The number of aromatic nitrogens is 2. The highest BCUT2D eigenvalue weighted by atomic mass is 79.9. The highest BCUT2D eigenvalue weighted by molar-refractivity contribution is 9.10. The number of pyridine rings is 2. The molecular weight excluding hydrogens is 700 g/mol. The predicted octanol–water partition coefficient (Wildman–Crippen LogP) is 13.7. The molecule has 264 valence electrons. The lowest BCUT2D eigenvalue weighted by atomic mass is 10.0. The van der Waals surface area contributed by atoms with Crippen LogP contribution >= 0.6 is 31.9 Å². The Labute approximate surface area is 299 Å². The summed E-state index contributed by atoms with van der Waals surface area (Å²) in [4.78, 5) is 26.3. The van der Waals surface area contributed by atoms with E-state index < -0.39 is 0 Å². The molecular formula is C40H68Br2N2O2. The molecule has 0 fully saturated rings. The van der Waals surface area contributed by atoms with Crippen LogP contribution in [0.2, 0.25) is 0 Å². The molecule has 2 rings (SSSR count). The van der Waals surface area contributed by atoms with Crippen LogP contribution in [0.3, 0.4) is 0 Å². The number of hydrogen-bond donors (Lipinski definition) is 0. The third kappa shape index (κ3) is 17.0. The maximum absolute atomic E-state index is 13.2. The average Bonchev–Trinajstić information content (AvgIpc) is 3.05. The van der Waals surface area contributed by atoms with Crippen LogP contribution in [0.5, 0.6) is 0 Å². The zero-order chi connectivity index (χ0) is 33.2. The van der Waals surface area contributed by atoms with Crippen molar-refractivity contribution in [3.05, 3.63) is 41.8 Å². The molecule has 0 spiro atoms. The highest BCUT2D eigenvalue weighted by Gasteiger charge is 2.14. The van der Waals surface area contributed by atoms with Gasteiger partial charge in [0.05, 0.1) is 20.0 Å². The number of nitrogens with zero attached hydrogens (tertiary/aromatic N) is 2. The minimum absolute atomic E-state index is 0.00390. The van der Waals surface area contributed by atoms with E-state index in [1.807, 2.05) is 21.3 Å². The van der Waals surface area contributed by atoms with Gasteiger partial charge >= 0.3 is 0 Å². The second-order valence-electron chi connectivity index (χ2n) is 13.9. The van der Waals surface area contributed by atoms with Crippen molar-refractivity contribution in [3.8, 4) is 0 Å². The maximum atomic E-state index is 13.2. The second-order valence-corrected chi connectivity index (χ2v) is 15.6. The van der Waals surface area contributed by atoms with E-state index in [0.29, 0.717) is 22.0 Å². The maximum Gasteiger partial charge on any atom is 0.265 e. The minimum Gasteiger partial charge on any atom is -0.306 e. The number of hydrogen-bond acceptors (Lipinski definition) is 2. The summed E-state index contributed by atoms with van der Waals surface area (Å²) in [6, 6.07) is 3.72. The first-order chi connectivity index (χ1) is 22.5. The van der Waals surface area contributed by atoms with E-state index in [0.717, 1.165) is 36.7 Å². The van der Waals surface area contributed by atoms with Crippen molar-refractivity contribution in [2.24, 2.45) is 0 Å². The van der Waals surface area contributed by atoms with E-state index >= 15 is 0 Å². The predicted molar refractivity (Wildman–Crippen MR) is 208 cm³/mol. The van der Waals surface area contributed by atoms with Gasteiger partial charge in [0.1, 0.15) is 0 Å². The lowest BCUT2D eigenvalue weighted by Gasteiger charge is -2.16. The molecule has 2 aromatic heterocycles. The molecule has 4 nitrogen and oxygen atoms in total. The highest BCUT2D eigenvalue weighted by Crippen LogP contribution is 2.21. The lowest BCUT2D eigenvalue weighted by molar-refractivity contribution is 0.521. The van der Waals surface area contributed by atoms with Crippen molar-refractivity contribution < 1.29 is 0 Å². The molecule has 6 heteroatoms. The smallest absolute Gasteiger partial charge is 0.265 e. The fourth-order valence-corrected chi connectivity index (χ4v) is 7.66. The van der Waals surface area contributed by atoms with Gasteiger partial charge in [-0.25, -0.2) is 0 Å². The van der Waals surface area contributed by atoms with Crippen LogP contribution < -0.4 is 11.1 Å². The molecule has 0 aliphatic carbocycles. The number of aryl methyl sites for hydroxylation is 2. The molecule has 0 atom stereocenters. The Bertz CT molecular complexity index is 1080. The van der Waals surface area contributed by atoms with Gasteiger partial charge < -0.3 is 9.13 Å². The second kappa shape index (κ2) is 27.0. The van der Waals surface area contributed by atoms with Crippen LogP contribution in [-0.4, -0.2) is 9.13 Å². The van der Waals surface area contributed by atoms with E-state index in [9.17, 15) is 9.59 Å². The van der Waals surface area contributed by atoms with Gasteiger partial charge in [-0.15, -0.1) is 0 Å². The number of fused-ring (bicyclic) bond motifs is 1. The summed E-state index contributed by atoms with van der Waals surface area (Å²) in [5.74, 6) is 0. The Morgan fingerprint density at radius 1 is 0.391 bits per heavy atom. The molecule has 0 aliphatic rings. The molecule has 2 aromatic rings. The molecule has 0 N–H and O–H groups in total. The third-order valence-corrected chi connectivity index (χ3v) is 10.9. The molecule has 0 saturated carbocycles. The van der Waals surface area contributed by atoms with Gasteiger partial charge in [-0.2, -0.15) is 0 Å². The molecule has 0 bridgehead atoms. The van der Waals surface area contributed by atoms with Crippen LogP contribution in [0.25, 0.3) is 11.0 Å². The summed E-state index contributed by atoms with van der Waals surface area (Å²) in [6.07, 6.45) is 36.9. The standard InChI is InChI=1S/C40H68Br2N2O2/c1-3-5-7-9-11-13-15-17-19-21-23-25-27-29-31-43-37-33-36(42)40(46)44(38(37)34-35(41)39(43)45)32-30-28-26-24-22-20-18-16-14-12-10-8-6-4-2/h33-34H,3-32H2,1-2H3. The molecule has 0 amide bonds. The summed E-state index contributed by atoms with van der Waals surface area (Å²) >= 11 is 7.03. The van der Waals surface area contributed by atoms with E-state index in [-0.39, 0.29) is 11.1 Å². The van der Waals surface area contributed by atoms with Gasteiger partial charge in [0.15, 0.2) is 0 Å². The summed E-state index contributed by atoms with van der Waals surface area (Å²) in [5.41, 5.74) is 1.71. The van der Waals surface area contributed by atoms with Crippen LogP contribution in [0.4, 0.5) is 0 Å². The molecule has 46 heavy (non-hydrogen) atoms. The van der Waals surface area contributed by atoms with Crippen molar-refractivity contribution in [1.29, 1.82) is 0 Å². The van der Waals surface area contributed by atoms with Gasteiger partial charge in [0.2, 0.25) is 0 Å². The lowest BCUT2D eigenvalue weighted by Crippen LogP contribution is -2.27. The molecule has 0 unspecified atom stereocenters. The SMILES string of the molecule is CCCCCCCCCCCCCCCCn1c(=O)c(Br)cc2c1cc(Br)c(=O)n2CCCCCCCCCCCCCCCC. The van der Waals surface area contributed by atoms with E-state index in [4.69, 9.17) is 0 Å². The van der Waals surface area contributed by atoms with Gasteiger partial charge in [-0.3, -0.25) is 9.59 Å². The van der Waals surface area contributed by atoms with E-state index in [1.54, 1.807) is 0 Å². The van der Waals surface area contributed by atoms with Gasteiger partial charge in [-0.05, 0) is 56.8 Å². The average molecular weight is 769 g/mol. The summed E-state index contributed by atoms with van der Waals surface area (Å²) < 4.78 is 4.85. The number of rotatable bonds is 30. The first kappa shape index (κ1) is 41.3. The Hall–Kier alpha value is -0.880. The molecule has 0 radical (unpaired) electrons. The van der Waals surface area contributed by atoms with Crippen LogP contribution in [-0.2, 0) is 13.1 Å². The minimum atomic E-state index is -0.00390. The monoisotopic (exact) mass is 766 g/mol. The zero-order valence-corrected chi connectivity index (χ0v) is 33.0. The fourth-order valence-electron chi connectivity index (χ4n) is 6.79. The number of halogens is 2. The first-order valence-electron chi connectivity index (χ1n) is 19.6. The van der Waals surface area contributed by atoms with Crippen LogP contribution in [0.1, 0.15) is 194 Å². The number of unbranched alkanes of at least 4 members (excludes halogenated alkanes) is 26. The third-order valence-electron chi connectivity index (χ3n) is 9.74. The Balaban J connectivity index is 1.72. The summed E-state index contributed by atoms with van der Waals surface area (Å²) in [6.45, 7) is 5.94.